The van der Waals surface area contributed by atoms with E-state index in [9.17, 15) is 14.4 Å². The Morgan fingerprint density at radius 3 is 2.32 bits per heavy atom. The van der Waals surface area contributed by atoms with E-state index < -0.39 is 29.4 Å². The van der Waals surface area contributed by atoms with Crippen molar-refractivity contribution in [2.45, 2.75) is 18.5 Å². The molecule has 0 unspecified atom stereocenters. The van der Waals surface area contributed by atoms with Crippen molar-refractivity contribution in [2.24, 2.45) is 11.8 Å². The lowest BCUT2D eigenvalue weighted by molar-refractivity contribution is -0.151. The van der Waals surface area contributed by atoms with Gasteiger partial charge in [-0.2, -0.15) is 0 Å². The normalized spacial score (nSPS) is 27.5. The van der Waals surface area contributed by atoms with E-state index in [-0.39, 0.29) is 11.8 Å². The first-order valence-electron chi connectivity index (χ1n) is 10.2. The molecule has 0 radical (unpaired) electrons. The number of hydrogen-bond acceptors (Lipinski definition) is 5. The second-order valence-corrected chi connectivity index (χ2v) is 8.27. The maximum atomic E-state index is 13.6. The van der Waals surface area contributed by atoms with Gasteiger partial charge in [0.25, 0.3) is 0 Å². The van der Waals surface area contributed by atoms with Gasteiger partial charge >= 0.3 is 5.97 Å². The molecule has 1 N–H and O–H groups in total. The Labute approximate surface area is 179 Å². The van der Waals surface area contributed by atoms with Crippen LogP contribution < -0.4 is 10.2 Å². The first-order chi connectivity index (χ1) is 15.0. The highest BCUT2D eigenvalue weighted by atomic mass is 16.5. The Kier molecular flexibility index (Phi) is 4.41. The minimum atomic E-state index is -1.31. The van der Waals surface area contributed by atoms with Gasteiger partial charge in [-0.1, -0.05) is 54.6 Å². The van der Waals surface area contributed by atoms with Crippen LogP contribution in [0.2, 0.25) is 0 Å². The molecule has 5 rings (SSSR count). The Bertz CT molecular complexity index is 1210. The monoisotopic (exact) mass is 414 g/mol. The number of para-hydroxylation sites is 1. The van der Waals surface area contributed by atoms with Gasteiger partial charge in [0.1, 0.15) is 5.54 Å². The van der Waals surface area contributed by atoms with E-state index >= 15 is 0 Å². The molecular formula is C25H22N2O4. The van der Waals surface area contributed by atoms with Crippen LogP contribution in [0.25, 0.3) is 10.8 Å². The van der Waals surface area contributed by atoms with Gasteiger partial charge in [0.15, 0.2) is 0 Å². The van der Waals surface area contributed by atoms with Crippen LogP contribution in [0.1, 0.15) is 18.5 Å². The number of hydrogen-bond donors (Lipinski definition) is 1. The number of amides is 2. The number of ether oxygens (including phenoxy) is 1. The number of esters is 1. The van der Waals surface area contributed by atoms with Crippen molar-refractivity contribution in [2.75, 3.05) is 12.0 Å². The number of anilines is 1. The maximum absolute atomic E-state index is 13.6. The van der Waals surface area contributed by atoms with Crippen LogP contribution in [0.5, 0.6) is 0 Å². The van der Waals surface area contributed by atoms with Gasteiger partial charge in [-0.15, -0.1) is 0 Å². The number of benzene rings is 3. The lowest BCUT2D eigenvalue weighted by Gasteiger charge is -2.28. The van der Waals surface area contributed by atoms with E-state index in [0.717, 1.165) is 16.3 Å². The van der Waals surface area contributed by atoms with E-state index in [1.54, 1.807) is 31.2 Å². The number of rotatable bonds is 3. The molecule has 2 fully saturated rings. The quantitative estimate of drug-likeness (QED) is 0.526. The molecular weight excluding hydrogens is 392 g/mol. The molecule has 2 aliphatic rings. The molecule has 31 heavy (non-hydrogen) atoms. The molecule has 6 heteroatoms. The van der Waals surface area contributed by atoms with E-state index in [1.807, 2.05) is 48.5 Å². The predicted octanol–water partition coefficient (Wildman–Crippen LogP) is 3.22. The predicted molar refractivity (Wildman–Crippen MR) is 116 cm³/mol. The zero-order valence-electron chi connectivity index (χ0n) is 17.2. The fourth-order valence-electron chi connectivity index (χ4n) is 5.06. The lowest BCUT2D eigenvalue weighted by Crippen LogP contribution is -2.54. The average molecular weight is 414 g/mol. The summed E-state index contributed by atoms with van der Waals surface area (Å²) >= 11 is 0. The van der Waals surface area contributed by atoms with E-state index in [4.69, 9.17) is 4.74 Å². The Hall–Kier alpha value is -3.51. The molecule has 2 heterocycles. The van der Waals surface area contributed by atoms with E-state index in [0.29, 0.717) is 5.69 Å². The number of nitrogens with zero attached hydrogens (tertiary/aromatic N) is 1. The molecule has 3 aromatic carbocycles. The third kappa shape index (κ3) is 2.79. The van der Waals surface area contributed by atoms with Crippen molar-refractivity contribution < 1.29 is 19.1 Å². The zero-order chi connectivity index (χ0) is 21.8. The number of fused-ring (bicyclic) bond motifs is 2. The first-order valence-corrected chi connectivity index (χ1v) is 10.2. The topological polar surface area (TPSA) is 75.7 Å². The molecule has 2 amide bonds. The summed E-state index contributed by atoms with van der Waals surface area (Å²) in [4.78, 5) is 41.0. The molecule has 0 aliphatic carbocycles. The number of imide groups is 1. The minimum Gasteiger partial charge on any atom is -0.468 e. The van der Waals surface area contributed by atoms with Crippen molar-refractivity contribution in [3.8, 4) is 0 Å². The van der Waals surface area contributed by atoms with E-state index in [1.165, 1.54) is 12.0 Å². The SMILES string of the molecule is COC(=O)[C@@]1(C)N[C@@H](c2ccc3ccccc3c2)[C@H]2C(=O)N(c3ccccc3)C(=O)[C@H]21. The van der Waals surface area contributed by atoms with Gasteiger partial charge in [-0.05, 0) is 41.5 Å². The smallest absolute Gasteiger partial charge is 0.326 e. The van der Waals surface area contributed by atoms with Crippen molar-refractivity contribution in [3.05, 3.63) is 78.4 Å². The third-order valence-electron chi connectivity index (χ3n) is 6.54. The lowest BCUT2D eigenvalue weighted by atomic mass is 9.80. The molecule has 156 valence electrons. The number of methoxy groups -OCH3 is 1. The van der Waals surface area contributed by atoms with Crippen LogP contribution in [-0.4, -0.2) is 30.4 Å². The summed E-state index contributed by atoms with van der Waals surface area (Å²) in [5, 5.41) is 5.40. The highest BCUT2D eigenvalue weighted by molar-refractivity contribution is 6.24. The van der Waals surface area contributed by atoms with Crippen LogP contribution in [0.3, 0.4) is 0 Å². The second-order valence-electron chi connectivity index (χ2n) is 8.27. The summed E-state index contributed by atoms with van der Waals surface area (Å²) in [6.45, 7) is 1.65. The second kappa shape index (κ2) is 7.03. The molecule has 0 aromatic heterocycles. The highest BCUT2D eigenvalue weighted by Crippen LogP contribution is 2.50. The zero-order valence-corrected chi connectivity index (χ0v) is 17.2. The minimum absolute atomic E-state index is 0.306. The van der Waals surface area contributed by atoms with E-state index in [2.05, 4.69) is 5.32 Å². The average Bonchev–Trinajstić information content (AvgIpc) is 3.26. The largest absolute Gasteiger partial charge is 0.468 e. The molecule has 0 spiro atoms. The van der Waals surface area contributed by atoms with Crippen LogP contribution in [0.15, 0.2) is 72.8 Å². The summed E-state index contributed by atoms with van der Waals surface area (Å²) in [5.74, 6) is -2.81. The van der Waals surface area contributed by atoms with Crippen LogP contribution >= 0.6 is 0 Å². The summed E-state index contributed by atoms with van der Waals surface area (Å²) in [6.07, 6.45) is 0. The fraction of sp³-hybridized carbons (Fsp3) is 0.240. The summed E-state index contributed by atoms with van der Waals surface area (Å²) in [7, 11) is 1.30. The van der Waals surface area contributed by atoms with Gasteiger partial charge in [-0.25, -0.2) is 4.90 Å². The number of nitrogens with one attached hydrogen (secondary N) is 1. The van der Waals surface area contributed by atoms with Gasteiger partial charge in [0, 0.05) is 6.04 Å². The van der Waals surface area contributed by atoms with Gasteiger partial charge in [0.2, 0.25) is 11.8 Å². The van der Waals surface area contributed by atoms with Crippen LogP contribution in [0.4, 0.5) is 5.69 Å². The Morgan fingerprint density at radius 2 is 1.61 bits per heavy atom. The van der Waals surface area contributed by atoms with Gasteiger partial charge in [-0.3, -0.25) is 19.7 Å². The van der Waals surface area contributed by atoms with Gasteiger partial charge in [0.05, 0.1) is 24.6 Å². The molecule has 2 saturated heterocycles. The Balaban J connectivity index is 1.64. The molecule has 0 saturated carbocycles. The standard InChI is InChI=1S/C25H22N2O4/c1-25(24(30)31-2)20-19(22(28)27(23(20)29)18-10-4-3-5-11-18)21(26-25)17-13-12-15-8-6-7-9-16(15)14-17/h3-14,19-21,26H,1-2H3/t19-,20-,21-,25-/m0/s1. The van der Waals surface area contributed by atoms with Crippen molar-refractivity contribution >= 4 is 34.2 Å². The molecule has 2 aliphatic heterocycles. The maximum Gasteiger partial charge on any atom is 0.326 e. The number of carbonyl (C=O) groups excluding carboxylic acids is 3. The molecule has 3 aromatic rings. The summed E-state index contributed by atoms with van der Waals surface area (Å²) in [6, 6.07) is 22.2. The first kappa shape index (κ1) is 19.5. The molecule has 0 bridgehead atoms. The summed E-state index contributed by atoms with van der Waals surface area (Å²) in [5.41, 5.74) is 0.0557. The van der Waals surface area contributed by atoms with Gasteiger partial charge < -0.3 is 4.74 Å². The molecule has 6 nitrogen and oxygen atoms in total. The summed E-state index contributed by atoms with van der Waals surface area (Å²) < 4.78 is 5.04. The van der Waals surface area contributed by atoms with Crippen molar-refractivity contribution in [1.29, 1.82) is 0 Å². The van der Waals surface area contributed by atoms with Crippen LogP contribution in [0, 0.1) is 11.8 Å². The number of carbonyl (C=O) groups is 3. The Morgan fingerprint density at radius 1 is 0.935 bits per heavy atom. The van der Waals surface area contributed by atoms with Crippen molar-refractivity contribution in [1.82, 2.24) is 5.32 Å². The van der Waals surface area contributed by atoms with Crippen molar-refractivity contribution in [3.63, 3.8) is 0 Å². The molecule has 4 atom stereocenters. The fourth-order valence-corrected chi connectivity index (χ4v) is 5.06. The highest BCUT2D eigenvalue weighted by Gasteiger charge is 2.67. The third-order valence-corrected chi connectivity index (χ3v) is 6.54. The van der Waals surface area contributed by atoms with Crippen LogP contribution in [-0.2, 0) is 19.1 Å².